The zero-order chi connectivity index (χ0) is 16.8. The zero-order valence-corrected chi connectivity index (χ0v) is 14.1. The van der Waals surface area contributed by atoms with Gasteiger partial charge in [0.15, 0.2) is 6.10 Å². The molecule has 2 aromatic carbocycles. The van der Waals surface area contributed by atoms with E-state index in [9.17, 15) is 4.79 Å². The van der Waals surface area contributed by atoms with Crippen molar-refractivity contribution in [2.45, 2.75) is 26.0 Å². The van der Waals surface area contributed by atoms with Crippen molar-refractivity contribution < 1.29 is 14.3 Å². The Morgan fingerprint density at radius 2 is 1.78 bits per heavy atom. The van der Waals surface area contributed by atoms with Gasteiger partial charge in [0.2, 0.25) is 0 Å². The summed E-state index contributed by atoms with van der Waals surface area (Å²) in [4.78, 5) is 12.2. The highest BCUT2D eigenvalue weighted by Gasteiger charge is 2.17. The lowest BCUT2D eigenvalue weighted by atomic mass is 10.1. The van der Waals surface area contributed by atoms with E-state index in [1.54, 1.807) is 38.3 Å². The molecule has 0 saturated carbocycles. The molecule has 0 bridgehead atoms. The Morgan fingerprint density at radius 1 is 1.09 bits per heavy atom. The quantitative estimate of drug-likeness (QED) is 0.869. The van der Waals surface area contributed by atoms with Crippen molar-refractivity contribution >= 4 is 17.5 Å². The Bertz CT molecular complexity index is 658. The molecule has 0 aromatic heterocycles. The Morgan fingerprint density at radius 3 is 2.39 bits per heavy atom. The van der Waals surface area contributed by atoms with E-state index in [0.29, 0.717) is 10.8 Å². The van der Waals surface area contributed by atoms with E-state index in [1.807, 2.05) is 31.2 Å². The van der Waals surface area contributed by atoms with E-state index in [1.165, 1.54) is 0 Å². The van der Waals surface area contributed by atoms with Crippen LogP contribution < -0.4 is 14.8 Å². The predicted octanol–water partition coefficient (Wildman–Crippen LogP) is 3.99. The van der Waals surface area contributed by atoms with Gasteiger partial charge in [-0.15, -0.1) is 0 Å². The molecule has 1 amide bonds. The van der Waals surface area contributed by atoms with Gasteiger partial charge in [-0.1, -0.05) is 29.8 Å². The molecule has 122 valence electrons. The van der Waals surface area contributed by atoms with Gasteiger partial charge in [0.25, 0.3) is 5.91 Å². The molecule has 0 fully saturated rings. The Balaban J connectivity index is 1.94. The van der Waals surface area contributed by atoms with Crippen LogP contribution in [0.15, 0.2) is 48.5 Å². The fourth-order valence-corrected chi connectivity index (χ4v) is 2.28. The number of hydrogen-bond donors (Lipinski definition) is 1. The summed E-state index contributed by atoms with van der Waals surface area (Å²) in [6, 6.07) is 14.4. The number of rotatable bonds is 6. The van der Waals surface area contributed by atoms with Crippen LogP contribution in [-0.4, -0.2) is 19.1 Å². The minimum Gasteiger partial charge on any atom is -0.497 e. The van der Waals surface area contributed by atoms with Crippen molar-refractivity contribution in [3.63, 3.8) is 0 Å². The SMILES string of the molecule is COc1ccc(C(C)NC(=O)C(C)Oc2cccc(Cl)c2)cc1. The molecule has 0 heterocycles. The first kappa shape index (κ1) is 17.2. The van der Waals surface area contributed by atoms with Crippen LogP contribution >= 0.6 is 11.6 Å². The molecule has 0 aliphatic carbocycles. The predicted molar refractivity (Wildman–Crippen MR) is 91.1 cm³/mol. The number of ether oxygens (including phenoxy) is 2. The number of carbonyl (C=O) groups excluding carboxylic acids is 1. The lowest BCUT2D eigenvalue weighted by Gasteiger charge is -2.19. The van der Waals surface area contributed by atoms with Crippen molar-refractivity contribution in [2.24, 2.45) is 0 Å². The largest absolute Gasteiger partial charge is 0.497 e. The summed E-state index contributed by atoms with van der Waals surface area (Å²) in [6.07, 6.45) is -0.617. The Kier molecular flexibility index (Phi) is 5.88. The van der Waals surface area contributed by atoms with Gasteiger partial charge in [-0.05, 0) is 49.7 Å². The van der Waals surface area contributed by atoms with Crippen LogP contribution in [-0.2, 0) is 4.79 Å². The first-order chi connectivity index (χ1) is 11.0. The number of methoxy groups -OCH3 is 1. The van der Waals surface area contributed by atoms with Crippen LogP contribution in [0.1, 0.15) is 25.5 Å². The van der Waals surface area contributed by atoms with Gasteiger partial charge in [-0.3, -0.25) is 4.79 Å². The fourth-order valence-electron chi connectivity index (χ4n) is 2.10. The second kappa shape index (κ2) is 7.88. The Hall–Kier alpha value is -2.20. The topological polar surface area (TPSA) is 47.6 Å². The third kappa shape index (κ3) is 4.89. The summed E-state index contributed by atoms with van der Waals surface area (Å²) in [5, 5.41) is 3.50. The molecule has 2 aromatic rings. The van der Waals surface area contributed by atoms with E-state index in [4.69, 9.17) is 21.1 Å². The van der Waals surface area contributed by atoms with Crippen molar-refractivity contribution in [2.75, 3.05) is 7.11 Å². The molecule has 0 radical (unpaired) electrons. The van der Waals surface area contributed by atoms with E-state index in [-0.39, 0.29) is 11.9 Å². The first-order valence-corrected chi connectivity index (χ1v) is 7.74. The molecular formula is C18H20ClNO3. The van der Waals surface area contributed by atoms with Crippen LogP contribution in [0.25, 0.3) is 0 Å². The van der Waals surface area contributed by atoms with Crippen molar-refractivity contribution in [1.29, 1.82) is 0 Å². The molecule has 0 spiro atoms. The molecule has 4 nitrogen and oxygen atoms in total. The smallest absolute Gasteiger partial charge is 0.261 e. The number of halogens is 1. The highest BCUT2D eigenvalue weighted by Crippen LogP contribution is 2.20. The normalized spacial score (nSPS) is 13.0. The summed E-state index contributed by atoms with van der Waals surface area (Å²) in [5.74, 6) is 1.16. The van der Waals surface area contributed by atoms with Gasteiger partial charge in [-0.2, -0.15) is 0 Å². The Labute approximate surface area is 141 Å². The van der Waals surface area contributed by atoms with Gasteiger partial charge in [0.1, 0.15) is 11.5 Å². The molecule has 1 N–H and O–H groups in total. The number of carbonyl (C=O) groups is 1. The zero-order valence-electron chi connectivity index (χ0n) is 13.4. The standard InChI is InChI=1S/C18H20ClNO3/c1-12(14-7-9-16(22-3)10-8-14)20-18(21)13(2)23-17-6-4-5-15(19)11-17/h4-13H,1-3H3,(H,20,21). The molecule has 5 heteroatoms. The summed E-state index contributed by atoms with van der Waals surface area (Å²) >= 11 is 5.91. The summed E-state index contributed by atoms with van der Waals surface area (Å²) in [7, 11) is 1.62. The van der Waals surface area contributed by atoms with Crippen molar-refractivity contribution in [3.05, 3.63) is 59.1 Å². The van der Waals surface area contributed by atoms with Crippen molar-refractivity contribution in [1.82, 2.24) is 5.32 Å². The van der Waals surface area contributed by atoms with E-state index in [0.717, 1.165) is 11.3 Å². The van der Waals surface area contributed by atoms with Gasteiger partial charge >= 0.3 is 0 Å². The van der Waals surface area contributed by atoms with Gasteiger partial charge < -0.3 is 14.8 Å². The molecular weight excluding hydrogens is 314 g/mol. The maximum absolute atomic E-state index is 12.2. The first-order valence-electron chi connectivity index (χ1n) is 7.36. The number of hydrogen-bond acceptors (Lipinski definition) is 3. The second-order valence-electron chi connectivity index (χ2n) is 5.22. The highest BCUT2D eigenvalue weighted by atomic mass is 35.5. The molecule has 0 aliphatic rings. The highest BCUT2D eigenvalue weighted by molar-refractivity contribution is 6.30. The fraction of sp³-hybridized carbons (Fsp3) is 0.278. The molecule has 0 saturated heterocycles. The lowest BCUT2D eigenvalue weighted by molar-refractivity contribution is -0.127. The van der Waals surface area contributed by atoms with Crippen LogP contribution in [0.4, 0.5) is 0 Å². The summed E-state index contributed by atoms with van der Waals surface area (Å²) in [5.41, 5.74) is 0.995. The summed E-state index contributed by atoms with van der Waals surface area (Å²) < 4.78 is 10.7. The van der Waals surface area contributed by atoms with Crippen LogP contribution in [0, 0.1) is 0 Å². The third-order valence-corrected chi connectivity index (χ3v) is 3.69. The average molecular weight is 334 g/mol. The molecule has 2 unspecified atom stereocenters. The molecule has 2 atom stereocenters. The number of amides is 1. The monoisotopic (exact) mass is 333 g/mol. The van der Waals surface area contributed by atoms with Crippen molar-refractivity contribution in [3.8, 4) is 11.5 Å². The number of benzene rings is 2. The van der Waals surface area contributed by atoms with Gasteiger partial charge in [-0.25, -0.2) is 0 Å². The number of nitrogens with one attached hydrogen (secondary N) is 1. The van der Waals surface area contributed by atoms with Crippen LogP contribution in [0.5, 0.6) is 11.5 Å². The maximum atomic E-state index is 12.2. The maximum Gasteiger partial charge on any atom is 0.261 e. The minimum absolute atomic E-state index is 0.126. The molecule has 23 heavy (non-hydrogen) atoms. The summed E-state index contributed by atoms with van der Waals surface area (Å²) in [6.45, 7) is 3.63. The second-order valence-corrected chi connectivity index (χ2v) is 5.66. The lowest BCUT2D eigenvalue weighted by Crippen LogP contribution is -2.37. The van der Waals surface area contributed by atoms with Crippen LogP contribution in [0.3, 0.4) is 0 Å². The third-order valence-electron chi connectivity index (χ3n) is 3.45. The van der Waals surface area contributed by atoms with Gasteiger partial charge in [0.05, 0.1) is 13.2 Å². The minimum atomic E-state index is -0.617. The average Bonchev–Trinajstić information content (AvgIpc) is 2.54. The van der Waals surface area contributed by atoms with E-state index in [2.05, 4.69) is 5.32 Å². The van der Waals surface area contributed by atoms with E-state index < -0.39 is 6.10 Å². The van der Waals surface area contributed by atoms with E-state index >= 15 is 0 Å². The van der Waals surface area contributed by atoms with Crippen LogP contribution in [0.2, 0.25) is 5.02 Å². The van der Waals surface area contributed by atoms with Gasteiger partial charge in [0, 0.05) is 5.02 Å². The molecule has 2 rings (SSSR count). The molecule has 0 aliphatic heterocycles.